The van der Waals surface area contributed by atoms with Crippen molar-refractivity contribution in [3.63, 3.8) is 0 Å². The molecule has 0 radical (unpaired) electrons. The van der Waals surface area contributed by atoms with Crippen molar-refractivity contribution >= 4 is 5.97 Å². The van der Waals surface area contributed by atoms with Crippen molar-refractivity contribution in [3.05, 3.63) is 22.8 Å². The van der Waals surface area contributed by atoms with E-state index in [1.54, 1.807) is 6.07 Å². The molecule has 6 heteroatoms. The summed E-state index contributed by atoms with van der Waals surface area (Å²) in [5.74, 6) is -1.11. The fourth-order valence-electron chi connectivity index (χ4n) is 4.60. The van der Waals surface area contributed by atoms with Gasteiger partial charge in [-0.05, 0) is 30.9 Å². The Morgan fingerprint density at radius 2 is 2.26 bits per heavy atom. The number of carbonyl (C=O) groups is 1. The highest BCUT2D eigenvalue weighted by atomic mass is 16.7. The summed E-state index contributed by atoms with van der Waals surface area (Å²) in [6.45, 7) is 2.82. The van der Waals surface area contributed by atoms with Gasteiger partial charge in [-0.3, -0.25) is 0 Å². The van der Waals surface area contributed by atoms with Crippen LogP contribution in [-0.2, 0) is 20.6 Å². The van der Waals surface area contributed by atoms with E-state index in [2.05, 4.69) is 6.92 Å². The molecule has 3 aliphatic heterocycles. The van der Waals surface area contributed by atoms with Crippen LogP contribution < -0.4 is 4.74 Å². The van der Waals surface area contributed by atoms with E-state index in [-0.39, 0.29) is 23.5 Å². The molecule has 1 aromatic rings. The van der Waals surface area contributed by atoms with Crippen LogP contribution in [0.25, 0.3) is 0 Å². The number of methoxy groups -OCH3 is 1. The van der Waals surface area contributed by atoms with Gasteiger partial charge in [0.2, 0.25) is 5.79 Å². The molecule has 27 heavy (non-hydrogen) atoms. The molecule has 0 saturated carbocycles. The Hall–Kier alpha value is -1.79. The van der Waals surface area contributed by atoms with Crippen LogP contribution >= 0.6 is 0 Å². The van der Waals surface area contributed by atoms with Gasteiger partial charge in [0.05, 0.1) is 25.9 Å². The summed E-state index contributed by atoms with van der Waals surface area (Å²) in [5.41, 5.74) is 1.95. The van der Waals surface area contributed by atoms with Crippen LogP contribution in [0.1, 0.15) is 79.5 Å². The second-order valence-electron chi connectivity index (χ2n) is 7.78. The summed E-state index contributed by atoms with van der Waals surface area (Å²) in [7, 11) is 1.30. The lowest BCUT2D eigenvalue weighted by atomic mass is 9.84. The highest BCUT2D eigenvalue weighted by Crippen LogP contribution is 2.53. The number of ether oxygens (including phenoxy) is 4. The Bertz CT molecular complexity index is 722. The number of hydrogen-bond acceptors (Lipinski definition) is 6. The zero-order chi connectivity index (χ0) is 19.0. The van der Waals surface area contributed by atoms with Crippen LogP contribution in [0.4, 0.5) is 0 Å². The van der Waals surface area contributed by atoms with E-state index in [9.17, 15) is 9.90 Å². The molecule has 1 fully saturated rings. The molecule has 148 valence electrons. The second kappa shape index (κ2) is 7.32. The van der Waals surface area contributed by atoms with Gasteiger partial charge in [-0.25, -0.2) is 4.79 Å². The predicted molar refractivity (Wildman–Crippen MR) is 98.1 cm³/mol. The maximum atomic E-state index is 12.3. The third-order valence-electron chi connectivity index (χ3n) is 5.88. The zero-order valence-electron chi connectivity index (χ0n) is 16.1. The molecule has 1 saturated heterocycles. The smallest absolute Gasteiger partial charge is 0.345 e. The van der Waals surface area contributed by atoms with Crippen LogP contribution in [0.2, 0.25) is 0 Å². The predicted octanol–water partition coefficient (Wildman–Crippen LogP) is 4.03. The number of aromatic hydroxyl groups is 1. The first-order valence-electron chi connectivity index (χ1n) is 10.0. The van der Waals surface area contributed by atoms with E-state index >= 15 is 0 Å². The molecule has 6 nitrogen and oxygen atoms in total. The Morgan fingerprint density at radius 3 is 2.96 bits per heavy atom. The van der Waals surface area contributed by atoms with Crippen molar-refractivity contribution < 1.29 is 28.8 Å². The fourth-order valence-corrected chi connectivity index (χ4v) is 4.60. The number of carbonyl (C=O) groups excluding carboxylic acids is 1. The first kappa shape index (κ1) is 18.6. The molecule has 0 amide bonds. The molecule has 4 rings (SSSR count). The van der Waals surface area contributed by atoms with Gasteiger partial charge in [0.15, 0.2) is 0 Å². The summed E-state index contributed by atoms with van der Waals surface area (Å²) in [4.78, 5) is 12.3. The van der Waals surface area contributed by atoms with E-state index < -0.39 is 11.8 Å². The summed E-state index contributed by atoms with van der Waals surface area (Å²) >= 11 is 0. The van der Waals surface area contributed by atoms with E-state index in [1.165, 1.54) is 20.0 Å². The summed E-state index contributed by atoms with van der Waals surface area (Å²) in [6.07, 6.45) is 7.38. The normalized spacial score (nSPS) is 28.7. The lowest BCUT2D eigenvalue weighted by Crippen LogP contribution is -2.44. The third-order valence-corrected chi connectivity index (χ3v) is 5.88. The van der Waals surface area contributed by atoms with E-state index in [0.29, 0.717) is 18.8 Å². The Labute approximate surface area is 159 Å². The Morgan fingerprint density at radius 1 is 1.41 bits per heavy atom. The second-order valence-corrected chi connectivity index (χ2v) is 7.78. The van der Waals surface area contributed by atoms with Crippen molar-refractivity contribution in [3.8, 4) is 11.5 Å². The van der Waals surface area contributed by atoms with E-state index in [1.807, 2.05) is 0 Å². The molecule has 0 aromatic heterocycles. The molecule has 3 aliphatic rings. The van der Waals surface area contributed by atoms with Crippen molar-refractivity contribution in [2.75, 3.05) is 13.7 Å². The van der Waals surface area contributed by atoms with Gasteiger partial charge in [-0.15, -0.1) is 0 Å². The average Bonchev–Trinajstić information content (AvgIpc) is 3.08. The minimum absolute atomic E-state index is 0.0730. The van der Waals surface area contributed by atoms with Gasteiger partial charge in [0.1, 0.15) is 17.1 Å². The van der Waals surface area contributed by atoms with Gasteiger partial charge in [-0.2, -0.15) is 0 Å². The standard InChI is InChI=1S/C21H28O6/c1-3-4-5-7-14-10-13-11-15(22)18(20(23)24-2)19-17(13)16(26-14)12-21(27-19)8-6-9-25-21/h11,14,16,22H,3-10,12H2,1-2H3/t14-,16-,21-/m1/s1. The topological polar surface area (TPSA) is 74.2 Å². The SMILES string of the molecule is CCCCC[C@@H]1Cc2cc(O)c(C(=O)OC)c3c2[C@@H](C[C@@]2(CCCO2)O3)O1. The van der Waals surface area contributed by atoms with Gasteiger partial charge in [0, 0.05) is 18.4 Å². The molecule has 3 atom stereocenters. The largest absolute Gasteiger partial charge is 0.507 e. The van der Waals surface area contributed by atoms with Gasteiger partial charge in [0.25, 0.3) is 0 Å². The van der Waals surface area contributed by atoms with Crippen molar-refractivity contribution in [2.45, 2.75) is 76.3 Å². The number of phenols is 1. The number of esters is 1. The molecule has 0 bridgehead atoms. The molecule has 1 N–H and O–H groups in total. The van der Waals surface area contributed by atoms with Crippen LogP contribution in [0.3, 0.4) is 0 Å². The van der Waals surface area contributed by atoms with Crippen LogP contribution in [0, 0.1) is 0 Å². The number of unbranched alkanes of at least 4 members (excludes halogenated alkanes) is 2. The van der Waals surface area contributed by atoms with Crippen molar-refractivity contribution in [1.82, 2.24) is 0 Å². The van der Waals surface area contributed by atoms with Crippen molar-refractivity contribution in [2.24, 2.45) is 0 Å². The lowest BCUT2D eigenvalue weighted by molar-refractivity contribution is -0.197. The van der Waals surface area contributed by atoms with Crippen LogP contribution in [0.5, 0.6) is 11.5 Å². The maximum absolute atomic E-state index is 12.3. The molecule has 1 aromatic carbocycles. The Balaban J connectivity index is 1.75. The quantitative estimate of drug-likeness (QED) is 0.618. The molecular formula is C21H28O6. The van der Waals surface area contributed by atoms with Crippen molar-refractivity contribution in [1.29, 1.82) is 0 Å². The molecule has 0 unspecified atom stereocenters. The highest BCUT2D eigenvalue weighted by molar-refractivity contribution is 5.96. The fraction of sp³-hybridized carbons (Fsp3) is 0.667. The number of benzene rings is 1. The summed E-state index contributed by atoms with van der Waals surface area (Å²) in [5, 5.41) is 10.6. The minimum Gasteiger partial charge on any atom is -0.507 e. The lowest BCUT2D eigenvalue weighted by Gasteiger charge is -2.44. The van der Waals surface area contributed by atoms with E-state index in [0.717, 1.165) is 43.2 Å². The van der Waals surface area contributed by atoms with Crippen LogP contribution in [-0.4, -0.2) is 36.7 Å². The monoisotopic (exact) mass is 376 g/mol. The van der Waals surface area contributed by atoms with Gasteiger partial charge in [-0.1, -0.05) is 26.2 Å². The zero-order valence-corrected chi connectivity index (χ0v) is 16.1. The molecular weight excluding hydrogens is 348 g/mol. The van der Waals surface area contributed by atoms with Crippen LogP contribution in [0.15, 0.2) is 6.07 Å². The van der Waals surface area contributed by atoms with E-state index in [4.69, 9.17) is 18.9 Å². The number of hydrogen-bond donors (Lipinski definition) is 1. The Kier molecular flexibility index (Phi) is 5.03. The highest BCUT2D eigenvalue weighted by Gasteiger charge is 2.49. The summed E-state index contributed by atoms with van der Waals surface area (Å²) in [6, 6.07) is 1.68. The van der Waals surface area contributed by atoms with Gasteiger partial charge >= 0.3 is 5.97 Å². The molecule has 0 aliphatic carbocycles. The first-order chi connectivity index (χ1) is 13.1. The molecule has 1 spiro atoms. The molecule has 3 heterocycles. The average molecular weight is 376 g/mol. The minimum atomic E-state index is -0.781. The van der Waals surface area contributed by atoms with Gasteiger partial charge < -0.3 is 24.1 Å². The first-order valence-corrected chi connectivity index (χ1v) is 10.0. The maximum Gasteiger partial charge on any atom is 0.345 e. The third kappa shape index (κ3) is 3.29. The summed E-state index contributed by atoms with van der Waals surface area (Å²) < 4.78 is 23.5. The number of phenolic OH excluding ortho intramolecular Hbond substituents is 1. The number of rotatable bonds is 5.